The Kier molecular flexibility index (Phi) is 6.53. The first kappa shape index (κ1) is 19.7. The van der Waals surface area contributed by atoms with Crippen LogP contribution >= 0.6 is 0 Å². The van der Waals surface area contributed by atoms with Gasteiger partial charge in [-0.2, -0.15) is 0 Å². The van der Waals surface area contributed by atoms with Crippen LogP contribution in [0.5, 0.6) is 5.75 Å². The van der Waals surface area contributed by atoms with E-state index >= 15 is 0 Å². The summed E-state index contributed by atoms with van der Waals surface area (Å²) in [7, 11) is 0. The van der Waals surface area contributed by atoms with Crippen LogP contribution in [0.1, 0.15) is 34.9 Å². The molecule has 146 valence electrons. The number of nitrogens with zero attached hydrogens (tertiary/aromatic N) is 1. The molecule has 0 N–H and O–H groups in total. The molecule has 0 saturated heterocycles. The zero-order valence-electron chi connectivity index (χ0n) is 16.8. The Hall–Kier alpha value is -3.01. The normalized spacial score (nSPS) is 10.7. The molecule has 0 aliphatic heterocycles. The fourth-order valence-corrected chi connectivity index (χ4v) is 2.96. The molecule has 0 bridgehead atoms. The monoisotopic (exact) mass is 377 g/mol. The van der Waals surface area contributed by atoms with Gasteiger partial charge in [-0.15, -0.1) is 0 Å². The Balaban J connectivity index is 1.69. The van der Waals surface area contributed by atoms with Crippen molar-refractivity contribution >= 4 is 5.91 Å². The molecular formula is C24H27NO3. The summed E-state index contributed by atoms with van der Waals surface area (Å²) in [6, 6.07) is 17.9. The van der Waals surface area contributed by atoms with Crippen LogP contribution < -0.4 is 4.74 Å². The van der Waals surface area contributed by atoms with Gasteiger partial charge >= 0.3 is 0 Å². The maximum Gasteiger partial charge on any atom is 0.261 e. The molecule has 0 spiro atoms. The Labute approximate surface area is 166 Å². The van der Waals surface area contributed by atoms with Gasteiger partial charge in [0, 0.05) is 6.54 Å². The fourth-order valence-electron chi connectivity index (χ4n) is 2.96. The molecule has 0 atom stereocenters. The Morgan fingerprint density at radius 1 is 0.964 bits per heavy atom. The number of furan rings is 1. The summed E-state index contributed by atoms with van der Waals surface area (Å²) in [4.78, 5) is 14.6. The minimum Gasteiger partial charge on any atom is -0.484 e. The number of ether oxygens (including phenoxy) is 1. The molecule has 3 rings (SSSR count). The van der Waals surface area contributed by atoms with Crippen LogP contribution in [0, 0.1) is 13.8 Å². The second-order valence-electron chi connectivity index (χ2n) is 7.03. The number of benzene rings is 2. The SMILES string of the molecule is CCc1ccc(CN(Cc2ccco2)C(=O)COc2ccc(C)c(C)c2)cc1. The molecule has 28 heavy (non-hydrogen) atoms. The van der Waals surface area contributed by atoms with Crippen molar-refractivity contribution in [3.8, 4) is 5.75 Å². The van der Waals surface area contributed by atoms with Crippen LogP contribution in [-0.2, 0) is 24.3 Å². The molecule has 0 fully saturated rings. The molecule has 2 aromatic carbocycles. The van der Waals surface area contributed by atoms with E-state index in [9.17, 15) is 4.79 Å². The van der Waals surface area contributed by atoms with Gasteiger partial charge in [0.25, 0.3) is 5.91 Å². The summed E-state index contributed by atoms with van der Waals surface area (Å²) in [6.07, 6.45) is 2.62. The van der Waals surface area contributed by atoms with Crippen molar-refractivity contribution in [3.63, 3.8) is 0 Å². The zero-order chi connectivity index (χ0) is 19.9. The second-order valence-corrected chi connectivity index (χ2v) is 7.03. The van der Waals surface area contributed by atoms with E-state index in [2.05, 4.69) is 38.1 Å². The van der Waals surface area contributed by atoms with E-state index < -0.39 is 0 Å². The van der Waals surface area contributed by atoms with Crippen LogP contribution in [-0.4, -0.2) is 17.4 Å². The Morgan fingerprint density at radius 3 is 2.36 bits per heavy atom. The third-order valence-corrected chi connectivity index (χ3v) is 4.92. The second kappa shape index (κ2) is 9.27. The molecule has 4 heteroatoms. The maximum absolute atomic E-state index is 12.9. The highest BCUT2D eigenvalue weighted by molar-refractivity contribution is 5.77. The van der Waals surface area contributed by atoms with E-state index in [1.54, 1.807) is 11.2 Å². The number of amides is 1. The van der Waals surface area contributed by atoms with Gasteiger partial charge in [-0.1, -0.05) is 37.3 Å². The summed E-state index contributed by atoms with van der Waals surface area (Å²) in [5.41, 5.74) is 4.72. The highest BCUT2D eigenvalue weighted by atomic mass is 16.5. The molecule has 0 unspecified atom stereocenters. The first-order chi connectivity index (χ1) is 13.5. The highest BCUT2D eigenvalue weighted by Crippen LogP contribution is 2.17. The van der Waals surface area contributed by atoms with Crippen molar-refractivity contribution in [1.82, 2.24) is 4.90 Å². The van der Waals surface area contributed by atoms with E-state index in [-0.39, 0.29) is 12.5 Å². The van der Waals surface area contributed by atoms with E-state index in [4.69, 9.17) is 9.15 Å². The number of rotatable bonds is 8. The molecule has 0 radical (unpaired) electrons. The van der Waals surface area contributed by atoms with Gasteiger partial charge in [0.2, 0.25) is 0 Å². The maximum atomic E-state index is 12.9. The highest BCUT2D eigenvalue weighted by Gasteiger charge is 2.17. The van der Waals surface area contributed by atoms with Crippen molar-refractivity contribution in [3.05, 3.63) is 88.9 Å². The lowest BCUT2D eigenvalue weighted by molar-refractivity contribution is -0.134. The number of aryl methyl sites for hydroxylation is 3. The van der Waals surface area contributed by atoms with Gasteiger partial charge in [0.05, 0.1) is 12.8 Å². The number of carbonyl (C=O) groups is 1. The van der Waals surface area contributed by atoms with Crippen molar-refractivity contribution in [1.29, 1.82) is 0 Å². The van der Waals surface area contributed by atoms with Crippen molar-refractivity contribution in [2.24, 2.45) is 0 Å². The van der Waals surface area contributed by atoms with Crippen LogP contribution in [0.15, 0.2) is 65.3 Å². The van der Waals surface area contributed by atoms with Crippen LogP contribution in [0.25, 0.3) is 0 Å². The Bertz CT molecular complexity index is 898. The zero-order valence-corrected chi connectivity index (χ0v) is 16.8. The van der Waals surface area contributed by atoms with Gasteiger partial charge in [0.1, 0.15) is 11.5 Å². The van der Waals surface area contributed by atoms with Gasteiger partial charge in [0.15, 0.2) is 6.61 Å². The summed E-state index contributed by atoms with van der Waals surface area (Å²) >= 11 is 0. The molecule has 1 aromatic heterocycles. The minimum absolute atomic E-state index is 0.00372. The third-order valence-electron chi connectivity index (χ3n) is 4.92. The fraction of sp³-hybridized carbons (Fsp3) is 0.292. The van der Waals surface area contributed by atoms with Gasteiger partial charge in [-0.25, -0.2) is 0 Å². The summed E-state index contributed by atoms with van der Waals surface area (Å²) in [6.45, 7) is 7.14. The van der Waals surface area contributed by atoms with Crippen molar-refractivity contribution in [2.75, 3.05) is 6.61 Å². The van der Waals surface area contributed by atoms with Gasteiger partial charge < -0.3 is 14.1 Å². The van der Waals surface area contributed by atoms with Crippen molar-refractivity contribution < 1.29 is 13.9 Å². The molecule has 1 heterocycles. The molecule has 4 nitrogen and oxygen atoms in total. The van der Waals surface area contributed by atoms with Gasteiger partial charge in [-0.3, -0.25) is 4.79 Å². The molecule has 0 aliphatic carbocycles. The molecule has 0 saturated carbocycles. The smallest absolute Gasteiger partial charge is 0.261 e. The predicted octanol–water partition coefficient (Wildman–Crippen LogP) is 5.07. The summed E-state index contributed by atoms with van der Waals surface area (Å²) in [5, 5.41) is 0. The number of carbonyl (C=O) groups excluding carboxylic acids is 1. The van der Waals surface area contributed by atoms with E-state index in [0.29, 0.717) is 18.8 Å². The molecule has 0 aliphatic rings. The summed E-state index contributed by atoms with van der Waals surface area (Å²) in [5.74, 6) is 1.39. The third kappa shape index (κ3) is 5.26. The average molecular weight is 377 g/mol. The first-order valence-electron chi connectivity index (χ1n) is 9.63. The molecule has 3 aromatic rings. The summed E-state index contributed by atoms with van der Waals surface area (Å²) < 4.78 is 11.2. The predicted molar refractivity (Wildman–Crippen MR) is 110 cm³/mol. The number of hydrogen-bond donors (Lipinski definition) is 0. The van der Waals surface area contributed by atoms with E-state index in [1.807, 2.05) is 37.3 Å². The number of hydrogen-bond acceptors (Lipinski definition) is 3. The lowest BCUT2D eigenvalue weighted by Gasteiger charge is -2.22. The Morgan fingerprint density at radius 2 is 1.71 bits per heavy atom. The molecule has 1 amide bonds. The van der Waals surface area contributed by atoms with Crippen LogP contribution in [0.2, 0.25) is 0 Å². The lowest BCUT2D eigenvalue weighted by atomic mass is 10.1. The van der Waals surface area contributed by atoms with Crippen LogP contribution in [0.3, 0.4) is 0 Å². The quantitative estimate of drug-likeness (QED) is 0.551. The standard InChI is InChI=1S/C24H27NO3/c1-4-20-8-10-21(11-9-20)15-25(16-23-6-5-13-27-23)24(26)17-28-22-12-7-18(2)19(3)14-22/h5-14H,4,15-17H2,1-3H3. The average Bonchev–Trinajstić information content (AvgIpc) is 3.22. The van der Waals surface area contributed by atoms with Gasteiger partial charge in [-0.05, 0) is 66.8 Å². The lowest BCUT2D eigenvalue weighted by Crippen LogP contribution is -2.34. The topological polar surface area (TPSA) is 42.7 Å². The van der Waals surface area contributed by atoms with E-state index in [0.717, 1.165) is 23.3 Å². The molecular weight excluding hydrogens is 350 g/mol. The first-order valence-corrected chi connectivity index (χ1v) is 9.63. The van der Waals surface area contributed by atoms with Crippen LogP contribution in [0.4, 0.5) is 0 Å². The van der Waals surface area contributed by atoms with Crippen molar-refractivity contribution in [2.45, 2.75) is 40.3 Å². The van der Waals surface area contributed by atoms with E-state index in [1.165, 1.54) is 11.1 Å². The minimum atomic E-state index is -0.0748. The largest absolute Gasteiger partial charge is 0.484 e.